The molecule has 8 nitrogen and oxygen atoms in total. The third-order valence-electron chi connectivity index (χ3n) is 4.25. The summed E-state index contributed by atoms with van der Waals surface area (Å²) in [6.07, 6.45) is 3.42. The van der Waals surface area contributed by atoms with E-state index in [1.807, 2.05) is 17.4 Å². The first-order valence-electron chi connectivity index (χ1n) is 9.31. The van der Waals surface area contributed by atoms with Crippen molar-refractivity contribution in [2.24, 2.45) is 0 Å². The van der Waals surface area contributed by atoms with Gasteiger partial charge in [0.1, 0.15) is 19.3 Å². The van der Waals surface area contributed by atoms with Crippen LogP contribution in [0.1, 0.15) is 5.56 Å². The summed E-state index contributed by atoms with van der Waals surface area (Å²) in [5, 5.41) is 18.4. The molecule has 1 heterocycles. The number of aromatic amines is 1. The zero-order chi connectivity index (χ0) is 20.5. The second-order valence-corrected chi connectivity index (χ2v) is 8.26. The van der Waals surface area contributed by atoms with E-state index in [9.17, 15) is 13.5 Å². The van der Waals surface area contributed by atoms with Gasteiger partial charge in [-0.1, -0.05) is 30.3 Å². The molecule has 1 atom stereocenters. The lowest BCUT2D eigenvalue weighted by Gasteiger charge is -2.11. The van der Waals surface area contributed by atoms with Gasteiger partial charge in [-0.25, -0.2) is 8.42 Å². The zero-order valence-electron chi connectivity index (χ0n) is 15.9. The summed E-state index contributed by atoms with van der Waals surface area (Å²) in [6.45, 7) is 1.55. The predicted octanol–water partition coefficient (Wildman–Crippen LogP) is 0.756. The molecule has 0 radical (unpaired) electrons. The van der Waals surface area contributed by atoms with E-state index in [-0.39, 0.29) is 11.5 Å². The molecule has 3 rings (SSSR count). The van der Waals surface area contributed by atoms with Crippen LogP contribution in [-0.2, 0) is 16.4 Å². The van der Waals surface area contributed by atoms with Crippen LogP contribution in [0.25, 0.3) is 0 Å². The molecule has 0 aliphatic heterocycles. The molecule has 0 spiro atoms. The van der Waals surface area contributed by atoms with E-state index in [1.54, 1.807) is 54.9 Å². The normalized spacial score (nSPS) is 12.4. The van der Waals surface area contributed by atoms with Crippen molar-refractivity contribution in [3.8, 4) is 5.75 Å². The number of nitrogens with one attached hydrogen (secondary N) is 2. The fraction of sp³-hybridized carbons (Fsp3) is 0.250. The number of sulfonamides is 1. The average Bonchev–Trinajstić information content (AvgIpc) is 3.25. The molecule has 1 unspecified atom stereocenters. The van der Waals surface area contributed by atoms with Gasteiger partial charge in [0.05, 0.1) is 23.8 Å². The standard InChI is InChI=1S/C20H24N4O4S/c25-18(15-28-19-13-22-23-14-19)12-21-11-10-16-6-8-17(9-7-16)24-29(26,27)20-4-2-1-3-5-20/h1-9,13-14,18,21,24-25H,10-12,15H2,(H,22,23)/p+1. The smallest absolute Gasteiger partial charge is 0.261 e. The second kappa shape index (κ2) is 10.1. The van der Waals surface area contributed by atoms with Crippen LogP contribution in [0, 0.1) is 0 Å². The van der Waals surface area contributed by atoms with Crippen molar-refractivity contribution in [2.75, 3.05) is 24.4 Å². The maximum Gasteiger partial charge on any atom is 0.261 e. The van der Waals surface area contributed by atoms with Gasteiger partial charge in [-0.3, -0.25) is 9.82 Å². The Hall–Kier alpha value is -2.88. The SMILES string of the molecule is O=S(=O)(Nc1ccc(CC[NH2+]CC(O)COc2cn[nH]c2)cc1)c1ccccc1. The van der Waals surface area contributed by atoms with E-state index in [0.717, 1.165) is 18.5 Å². The highest BCUT2D eigenvalue weighted by Crippen LogP contribution is 2.16. The molecule has 29 heavy (non-hydrogen) atoms. The lowest BCUT2D eigenvalue weighted by molar-refractivity contribution is -0.660. The maximum absolute atomic E-state index is 12.3. The van der Waals surface area contributed by atoms with Gasteiger partial charge in [-0.2, -0.15) is 5.10 Å². The van der Waals surface area contributed by atoms with Crippen LogP contribution in [0.15, 0.2) is 71.9 Å². The van der Waals surface area contributed by atoms with Crippen LogP contribution in [0.2, 0.25) is 0 Å². The van der Waals surface area contributed by atoms with E-state index in [2.05, 4.69) is 14.9 Å². The molecular weight excluding hydrogens is 392 g/mol. The minimum atomic E-state index is -3.58. The van der Waals surface area contributed by atoms with Crippen LogP contribution in [-0.4, -0.2) is 49.5 Å². The second-order valence-electron chi connectivity index (χ2n) is 6.58. The number of hydrogen-bond donors (Lipinski definition) is 4. The van der Waals surface area contributed by atoms with Crippen LogP contribution in [0.3, 0.4) is 0 Å². The number of nitrogens with two attached hydrogens (primary N) is 1. The van der Waals surface area contributed by atoms with Gasteiger partial charge in [0, 0.05) is 12.1 Å². The Morgan fingerprint density at radius 1 is 1.14 bits per heavy atom. The van der Waals surface area contributed by atoms with Crippen molar-refractivity contribution < 1.29 is 23.6 Å². The summed E-state index contributed by atoms with van der Waals surface area (Å²) < 4.78 is 32.6. The van der Waals surface area contributed by atoms with Gasteiger partial charge in [0.25, 0.3) is 10.0 Å². The molecule has 5 N–H and O–H groups in total. The number of ether oxygens (including phenoxy) is 1. The van der Waals surface area contributed by atoms with Crippen LogP contribution >= 0.6 is 0 Å². The topological polar surface area (TPSA) is 121 Å². The maximum atomic E-state index is 12.3. The predicted molar refractivity (Wildman–Crippen MR) is 109 cm³/mol. The Morgan fingerprint density at radius 3 is 2.59 bits per heavy atom. The van der Waals surface area contributed by atoms with E-state index >= 15 is 0 Å². The largest absolute Gasteiger partial charge is 0.487 e. The van der Waals surface area contributed by atoms with Crippen LogP contribution < -0.4 is 14.8 Å². The monoisotopic (exact) mass is 417 g/mol. The number of anilines is 1. The third-order valence-corrected chi connectivity index (χ3v) is 5.65. The first-order valence-corrected chi connectivity index (χ1v) is 10.8. The summed E-state index contributed by atoms with van der Waals surface area (Å²) >= 11 is 0. The Balaban J connectivity index is 1.39. The van der Waals surface area contributed by atoms with Crippen molar-refractivity contribution in [3.05, 3.63) is 72.6 Å². The zero-order valence-corrected chi connectivity index (χ0v) is 16.7. The highest BCUT2D eigenvalue weighted by Gasteiger charge is 2.13. The molecule has 0 saturated heterocycles. The summed E-state index contributed by atoms with van der Waals surface area (Å²) in [5.41, 5.74) is 1.61. The van der Waals surface area contributed by atoms with Crippen molar-refractivity contribution in [1.82, 2.24) is 10.2 Å². The lowest BCUT2D eigenvalue weighted by atomic mass is 10.1. The van der Waals surface area contributed by atoms with Gasteiger partial charge in [0.2, 0.25) is 0 Å². The Bertz CT molecular complexity index is 961. The van der Waals surface area contributed by atoms with E-state index in [1.165, 1.54) is 0 Å². The molecule has 0 amide bonds. The molecule has 154 valence electrons. The van der Waals surface area contributed by atoms with Crippen molar-refractivity contribution in [2.45, 2.75) is 17.4 Å². The number of hydrogen-bond acceptors (Lipinski definition) is 5. The first kappa shape index (κ1) is 20.8. The molecular formula is C20H25N4O4S+. The molecule has 0 aliphatic carbocycles. The molecule has 1 aromatic heterocycles. The minimum absolute atomic E-state index is 0.215. The molecule has 0 bridgehead atoms. The number of nitrogens with zero attached hydrogens (tertiary/aromatic N) is 1. The number of rotatable bonds is 11. The lowest BCUT2D eigenvalue weighted by Crippen LogP contribution is -2.87. The highest BCUT2D eigenvalue weighted by molar-refractivity contribution is 7.92. The van der Waals surface area contributed by atoms with E-state index < -0.39 is 16.1 Å². The fourth-order valence-corrected chi connectivity index (χ4v) is 3.79. The van der Waals surface area contributed by atoms with Gasteiger partial charge < -0.3 is 15.2 Å². The first-order chi connectivity index (χ1) is 14.0. The molecule has 0 fully saturated rings. The average molecular weight is 418 g/mol. The van der Waals surface area contributed by atoms with Crippen LogP contribution in [0.4, 0.5) is 5.69 Å². The van der Waals surface area contributed by atoms with Gasteiger partial charge >= 0.3 is 0 Å². The van der Waals surface area contributed by atoms with Crippen molar-refractivity contribution >= 4 is 15.7 Å². The quantitative estimate of drug-likeness (QED) is 0.343. The van der Waals surface area contributed by atoms with Gasteiger partial charge in [0.15, 0.2) is 5.75 Å². The number of aliphatic hydroxyl groups is 1. The third kappa shape index (κ3) is 6.60. The number of aromatic nitrogens is 2. The highest BCUT2D eigenvalue weighted by atomic mass is 32.2. The van der Waals surface area contributed by atoms with Crippen LogP contribution in [0.5, 0.6) is 5.75 Å². The summed E-state index contributed by atoms with van der Waals surface area (Å²) in [6, 6.07) is 15.6. The number of benzene rings is 2. The summed E-state index contributed by atoms with van der Waals surface area (Å²) in [7, 11) is -3.58. The number of aliphatic hydroxyl groups excluding tert-OH is 1. The van der Waals surface area contributed by atoms with E-state index in [4.69, 9.17) is 4.74 Å². The number of H-pyrrole nitrogens is 1. The minimum Gasteiger partial charge on any atom is -0.487 e. The molecule has 0 saturated carbocycles. The number of quaternary nitrogens is 1. The van der Waals surface area contributed by atoms with Gasteiger partial charge in [-0.05, 0) is 29.8 Å². The summed E-state index contributed by atoms with van der Waals surface area (Å²) in [5.74, 6) is 0.604. The molecule has 3 aromatic rings. The Kier molecular flexibility index (Phi) is 7.23. The van der Waals surface area contributed by atoms with Gasteiger partial charge in [-0.15, -0.1) is 0 Å². The fourth-order valence-electron chi connectivity index (χ4n) is 2.71. The van der Waals surface area contributed by atoms with Crippen molar-refractivity contribution in [3.63, 3.8) is 0 Å². The van der Waals surface area contributed by atoms with Crippen molar-refractivity contribution in [1.29, 1.82) is 0 Å². The molecule has 0 aliphatic rings. The van der Waals surface area contributed by atoms with E-state index in [0.29, 0.717) is 18.0 Å². The Labute approximate surface area is 170 Å². The summed E-state index contributed by atoms with van der Waals surface area (Å²) in [4.78, 5) is 0.231. The molecule has 2 aromatic carbocycles. The molecule has 9 heteroatoms. The Morgan fingerprint density at radius 2 is 1.90 bits per heavy atom.